The van der Waals surface area contributed by atoms with Crippen LogP contribution < -0.4 is 0 Å². The summed E-state index contributed by atoms with van der Waals surface area (Å²) in [4.78, 5) is 27.2. The zero-order valence-corrected chi connectivity index (χ0v) is 18.2. The Hall–Kier alpha value is -2.79. The maximum atomic E-state index is 13.0. The second-order valence-electron chi connectivity index (χ2n) is 8.33. The van der Waals surface area contributed by atoms with E-state index in [1.165, 1.54) is 34.4 Å². The van der Waals surface area contributed by atoms with Crippen LogP contribution in [0, 0.1) is 6.92 Å². The number of aromatic nitrogens is 3. The normalized spacial score (nSPS) is 14.6. The lowest BCUT2D eigenvalue weighted by atomic mass is 9.90. The summed E-state index contributed by atoms with van der Waals surface area (Å²) in [7, 11) is 0. The van der Waals surface area contributed by atoms with Crippen molar-refractivity contribution in [3.63, 3.8) is 0 Å². The lowest BCUT2D eigenvalue weighted by Gasteiger charge is -2.15. The van der Waals surface area contributed by atoms with Gasteiger partial charge in [-0.25, -0.2) is 9.97 Å². The molecular weight excluding hydrogens is 390 g/mol. The molecule has 0 saturated heterocycles. The maximum Gasteiger partial charge on any atom is 0.173 e. The molecule has 1 aliphatic carbocycles. The van der Waals surface area contributed by atoms with Crippen LogP contribution in [0.4, 0.5) is 0 Å². The smallest absolute Gasteiger partial charge is 0.173 e. The van der Waals surface area contributed by atoms with Crippen LogP contribution in [0.25, 0.3) is 22.3 Å². The molecule has 0 fully saturated rings. The average Bonchev–Trinajstić information content (AvgIpc) is 3.40. The average molecular weight is 416 g/mol. The van der Waals surface area contributed by atoms with Crippen molar-refractivity contribution in [1.29, 1.82) is 0 Å². The van der Waals surface area contributed by atoms with Gasteiger partial charge in [0, 0.05) is 28.4 Å². The predicted octanol–water partition coefficient (Wildman–Crippen LogP) is 6.25. The third-order valence-electron chi connectivity index (χ3n) is 6.19. The Morgan fingerprint density at radius 1 is 1.17 bits per heavy atom. The number of nitrogens with one attached hydrogen (secondary N) is 1. The first-order valence-corrected chi connectivity index (χ1v) is 11.5. The van der Waals surface area contributed by atoms with Crippen LogP contribution in [0.15, 0.2) is 42.9 Å². The number of H-pyrrole nitrogens is 1. The van der Waals surface area contributed by atoms with Crippen molar-refractivity contribution in [2.75, 3.05) is 0 Å². The predicted molar refractivity (Wildman–Crippen MR) is 122 cm³/mol. The number of ketones is 1. The molecule has 1 aromatic carbocycles. The summed E-state index contributed by atoms with van der Waals surface area (Å²) < 4.78 is 0. The van der Waals surface area contributed by atoms with Gasteiger partial charge in [-0.15, -0.1) is 11.3 Å². The van der Waals surface area contributed by atoms with Gasteiger partial charge in [0.2, 0.25) is 0 Å². The van der Waals surface area contributed by atoms with Crippen LogP contribution in [0.2, 0.25) is 0 Å². The van der Waals surface area contributed by atoms with E-state index in [0.29, 0.717) is 6.42 Å². The minimum Gasteiger partial charge on any atom is -0.346 e. The Morgan fingerprint density at radius 2 is 2.03 bits per heavy atom. The Bertz CT molecular complexity index is 1210. The summed E-state index contributed by atoms with van der Waals surface area (Å²) in [6, 6.07) is 10.6. The largest absolute Gasteiger partial charge is 0.346 e. The zero-order chi connectivity index (χ0) is 20.7. The minimum atomic E-state index is 0.184. The number of aromatic amines is 1. The van der Waals surface area contributed by atoms with Gasteiger partial charge >= 0.3 is 0 Å². The van der Waals surface area contributed by atoms with E-state index in [0.717, 1.165) is 40.0 Å². The fourth-order valence-electron chi connectivity index (χ4n) is 4.60. The van der Waals surface area contributed by atoms with Crippen LogP contribution in [0.1, 0.15) is 63.3 Å². The van der Waals surface area contributed by atoms with Crippen molar-refractivity contribution in [1.82, 2.24) is 15.0 Å². The highest BCUT2D eigenvalue weighted by Crippen LogP contribution is 2.33. The number of Topliss-reactive ketones (excluding diaryl/α,β-unsaturated/α-hetero) is 1. The first-order chi connectivity index (χ1) is 14.6. The zero-order valence-electron chi connectivity index (χ0n) is 17.4. The van der Waals surface area contributed by atoms with E-state index in [2.05, 4.69) is 53.1 Å². The maximum absolute atomic E-state index is 13.0. The molecule has 30 heavy (non-hydrogen) atoms. The van der Waals surface area contributed by atoms with Crippen LogP contribution in [0.3, 0.4) is 0 Å². The van der Waals surface area contributed by atoms with Crippen molar-refractivity contribution in [2.45, 2.75) is 51.9 Å². The van der Waals surface area contributed by atoms with Gasteiger partial charge in [0.1, 0.15) is 12.0 Å². The molecule has 1 unspecified atom stereocenters. The van der Waals surface area contributed by atoms with Gasteiger partial charge in [0.05, 0.1) is 10.6 Å². The summed E-state index contributed by atoms with van der Waals surface area (Å²) in [5.74, 6) is 0.457. The van der Waals surface area contributed by atoms with Gasteiger partial charge in [0.15, 0.2) is 5.78 Å². The molecule has 0 saturated carbocycles. The number of carbonyl (C=O) groups excluding carboxylic acids is 1. The van der Waals surface area contributed by atoms with Crippen LogP contribution in [0.5, 0.6) is 0 Å². The number of hydrogen-bond acceptors (Lipinski definition) is 4. The molecule has 3 heterocycles. The molecule has 5 heteroatoms. The molecule has 4 nitrogen and oxygen atoms in total. The van der Waals surface area contributed by atoms with Crippen LogP contribution >= 0.6 is 11.3 Å². The van der Waals surface area contributed by atoms with Gasteiger partial charge in [-0.1, -0.05) is 19.1 Å². The Balaban J connectivity index is 1.37. The van der Waals surface area contributed by atoms with Crippen molar-refractivity contribution in [2.24, 2.45) is 0 Å². The van der Waals surface area contributed by atoms with E-state index in [4.69, 9.17) is 0 Å². The monoisotopic (exact) mass is 415 g/mol. The fraction of sp³-hybridized carbons (Fsp3) is 0.320. The van der Waals surface area contributed by atoms with Crippen molar-refractivity contribution < 1.29 is 4.79 Å². The quantitative estimate of drug-likeness (QED) is 0.392. The van der Waals surface area contributed by atoms with Crippen LogP contribution in [-0.2, 0) is 12.8 Å². The first kappa shape index (κ1) is 19.2. The number of carbonyl (C=O) groups is 1. The second kappa shape index (κ2) is 7.80. The Morgan fingerprint density at radius 3 is 2.87 bits per heavy atom. The summed E-state index contributed by atoms with van der Waals surface area (Å²) in [5, 5.41) is 1.02. The highest BCUT2D eigenvalue weighted by atomic mass is 32.1. The van der Waals surface area contributed by atoms with Gasteiger partial charge in [-0.05, 0) is 73.4 Å². The molecule has 152 valence electrons. The van der Waals surface area contributed by atoms with Crippen molar-refractivity contribution >= 4 is 28.2 Å². The van der Waals surface area contributed by atoms with E-state index >= 15 is 0 Å². The summed E-state index contributed by atoms with van der Waals surface area (Å²) in [6.07, 6.45) is 8.81. The van der Waals surface area contributed by atoms with E-state index in [1.54, 1.807) is 17.7 Å². The molecular formula is C25H25N3OS. The summed E-state index contributed by atoms with van der Waals surface area (Å²) in [6.45, 7) is 4.28. The third kappa shape index (κ3) is 3.47. The van der Waals surface area contributed by atoms with Gasteiger partial charge < -0.3 is 4.98 Å². The van der Waals surface area contributed by atoms with E-state index < -0.39 is 0 Å². The molecule has 0 bridgehead atoms. The molecule has 0 radical (unpaired) electrons. The number of rotatable bonds is 5. The second-order valence-corrected chi connectivity index (χ2v) is 9.46. The molecule has 1 atom stereocenters. The van der Waals surface area contributed by atoms with E-state index in [9.17, 15) is 4.79 Å². The fourth-order valence-corrected chi connectivity index (χ4v) is 5.80. The topological polar surface area (TPSA) is 58.6 Å². The molecule has 0 amide bonds. The summed E-state index contributed by atoms with van der Waals surface area (Å²) >= 11 is 1.72. The number of nitrogens with zero attached hydrogens (tertiary/aromatic N) is 2. The number of hydrogen-bond donors (Lipinski definition) is 1. The van der Waals surface area contributed by atoms with E-state index in [-0.39, 0.29) is 11.7 Å². The molecule has 0 spiro atoms. The highest BCUT2D eigenvalue weighted by molar-refractivity contribution is 7.14. The first-order valence-electron chi connectivity index (χ1n) is 10.6. The number of benzene rings is 1. The van der Waals surface area contributed by atoms with Crippen molar-refractivity contribution in [3.05, 3.63) is 69.3 Å². The van der Waals surface area contributed by atoms with Gasteiger partial charge in [0.25, 0.3) is 0 Å². The molecule has 1 N–H and O–H groups in total. The lowest BCUT2D eigenvalue weighted by molar-refractivity contribution is 0.0979. The Labute approximate surface area is 180 Å². The molecule has 4 aromatic rings. The highest BCUT2D eigenvalue weighted by Gasteiger charge is 2.20. The van der Waals surface area contributed by atoms with Crippen LogP contribution in [-0.4, -0.2) is 20.7 Å². The van der Waals surface area contributed by atoms with Gasteiger partial charge in [-0.3, -0.25) is 4.79 Å². The SMILES string of the molecule is Cc1cc(-c2ncnc3[nH]ccc23)ccc1C(C)CC(=O)c1cc2c(s1)CCCC2. The van der Waals surface area contributed by atoms with Gasteiger partial charge in [-0.2, -0.15) is 0 Å². The molecule has 0 aliphatic heterocycles. The minimum absolute atomic E-state index is 0.184. The lowest BCUT2D eigenvalue weighted by Crippen LogP contribution is -2.05. The number of fused-ring (bicyclic) bond motifs is 2. The standard InChI is InChI=1S/C25H25N3OS/c1-15-11-18(24-20-9-10-26-25(20)28-14-27-24)7-8-19(15)16(2)12-21(29)23-13-17-5-3-4-6-22(17)30-23/h7-11,13-14,16H,3-6,12H2,1-2H3,(H,26,27,28). The number of aryl methyl sites for hydroxylation is 3. The molecule has 5 rings (SSSR count). The van der Waals surface area contributed by atoms with E-state index in [1.807, 2.05) is 12.3 Å². The Kier molecular flexibility index (Phi) is 4.99. The number of thiophene rings is 1. The summed E-state index contributed by atoms with van der Waals surface area (Å²) in [5.41, 5.74) is 6.69. The third-order valence-corrected chi connectivity index (χ3v) is 7.47. The molecule has 3 aromatic heterocycles. The molecule has 1 aliphatic rings. The van der Waals surface area contributed by atoms with Crippen molar-refractivity contribution in [3.8, 4) is 11.3 Å².